The van der Waals surface area contributed by atoms with Crippen LogP contribution < -0.4 is 5.32 Å². The molecule has 4 aromatic rings. The van der Waals surface area contributed by atoms with E-state index in [0.29, 0.717) is 27.6 Å². The summed E-state index contributed by atoms with van der Waals surface area (Å²) < 4.78 is 46.5. The maximum atomic E-state index is 13.3. The first-order chi connectivity index (χ1) is 15.7. The van der Waals surface area contributed by atoms with Crippen molar-refractivity contribution < 1.29 is 22.7 Å². The van der Waals surface area contributed by atoms with Gasteiger partial charge in [-0.05, 0) is 36.8 Å². The Morgan fingerprint density at radius 3 is 2.61 bits per heavy atom. The van der Waals surface area contributed by atoms with Crippen LogP contribution in [-0.2, 0) is 17.5 Å². The van der Waals surface area contributed by atoms with Crippen molar-refractivity contribution >= 4 is 28.8 Å². The van der Waals surface area contributed by atoms with E-state index in [1.54, 1.807) is 25.1 Å². The molecule has 33 heavy (non-hydrogen) atoms. The van der Waals surface area contributed by atoms with Gasteiger partial charge in [0.15, 0.2) is 11.3 Å². The minimum absolute atomic E-state index is 0.158. The molecule has 0 fully saturated rings. The minimum Gasteiger partial charge on any atom is -0.378 e. The number of amides is 1. The number of nitrogens with one attached hydrogen (secondary N) is 1. The van der Waals surface area contributed by atoms with Gasteiger partial charge >= 0.3 is 6.18 Å². The van der Waals surface area contributed by atoms with Crippen molar-refractivity contribution in [1.29, 1.82) is 0 Å². The van der Waals surface area contributed by atoms with Crippen LogP contribution in [0.1, 0.15) is 27.4 Å². The average Bonchev–Trinajstić information content (AvgIpc) is 3.13. The SMILES string of the molecule is COCc1nn2c(C)c(C(=O)Nc3ccccc3C(F)(F)F)nnc2c1-c1cccc(Cl)c1. The Morgan fingerprint density at radius 2 is 1.91 bits per heavy atom. The molecule has 1 N–H and O–H groups in total. The number of hydrogen-bond donors (Lipinski definition) is 1. The Bertz CT molecular complexity index is 1350. The lowest BCUT2D eigenvalue weighted by molar-refractivity contribution is -0.136. The zero-order valence-corrected chi connectivity index (χ0v) is 18.2. The molecule has 170 valence electrons. The van der Waals surface area contributed by atoms with E-state index in [1.807, 2.05) is 6.07 Å². The van der Waals surface area contributed by atoms with Crippen molar-refractivity contribution in [3.8, 4) is 11.1 Å². The number of fused-ring (bicyclic) bond motifs is 1. The first-order valence-electron chi connectivity index (χ1n) is 9.68. The van der Waals surface area contributed by atoms with Gasteiger partial charge in [-0.25, -0.2) is 4.52 Å². The number of methoxy groups -OCH3 is 1. The predicted molar refractivity (Wildman–Crippen MR) is 116 cm³/mol. The molecule has 0 spiro atoms. The molecule has 0 saturated carbocycles. The Kier molecular flexibility index (Phi) is 6.05. The van der Waals surface area contributed by atoms with Crippen LogP contribution in [0.3, 0.4) is 0 Å². The number of carbonyl (C=O) groups excluding carboxylic acids is 1. The molecule has 1 amide bonds. The van der Waals surface area contributed by atoms with Gasteiger partial charge in [-0.1, -0.05) is 35.9 Å². The van der Waals surface area contributed by atoms with Gasteiger partial charge in [0, 0.05) is 12.1 Å². The maximum absolute atomic E-state index is 13.3. The lowest BCUT2D eigenvalue weighted by Gasteiger charge is -2.13. The number of rotatable bonds is 5. The van der Waals surface area contributed by atoms with Crippen LogP contribution in [0.4, 0.5) is 18.9 Å². The van der Waals surface area contributed by atoms with Crippen LogP contribution in [-0.4, -0.2) is 32.8 Å². The van der Waals surface area contributed by atoms with Crippen molar-refractivity contribution in [3.05, 3.63) is 76.2 Å². The second-order valence-corrected chi connectivity index (χ2v) is 7.57. The third-order valence-electron chi connectivity index (χ3n) is 4.93. The van der Waals surface area contributed by atoms with Gasteiger partial charge in [-0.2, -0.15) is 18.3 Å². The highest BCUT2D eigenvalue weighted by molar-refractivity contribution is 6.30. The number of para-hydroxylation sites is 1. The molecule has 2 aromatic heterocycles. The largest absolute Gasteiger partial charge is 0.418 e. The Hall–Kier alpha value is -3.50. The first-order valence-corrected chi connectivity index (χ1v) is 10.1. The normalized spacial score (nSPS) is 11.7. The smallest absolute Gasteiger partial charge is 0.378 e. The lowest BCUT2D eigenvalue weighted by Crippen LogP contribution is -2.20. The number of nitrogens with zero attached hydrogens (tertiary/aromatic N) is 4. The first kappa shape index (κ1) is 22.7. The molecule has 4 rings (SSSR count). The van der Waals surface area contributed by atoms with Crippen LogP contribution in [0.15, 0.2) is 48.5 Å². The summed E-state index contributed by atoms with van der Waals surface area (Å²) in [5.41, 5.74) is 1.05. The van der Waals surface area contributed by atoms with Crippen LogP contribution in [0.2, 0.25) is 5.02 Å². The van der Waals surface area contributed by atoms with Gasteiger partial charge in [0.2, 0.25) is 0 Å². The van der Waals surface area contributed by atoms with Gasteiger partial charge in [0.1, 0.15) is 0 Å². The fourth-order valence-electron chi connectivity index (χ4n) is 3.46. The quantitative estimate of drug-likeness (QED) is 0.430. The van der Waals surface area contributed by atoms with Crippen LogP contribution in [0.5, 0.6) is 0 Å². The maximum Gasteiger partial charge on any atom is 0.418 e. The number of anilines is 1. The number of aryl methyl sites for hydroxylation is 1. The monoisotopic (exact) mass is 475 g/mol. The predicted octanol–water partition coefficient (Wildman–Crippen LogP) is 5.17. The number of ether oxygens (including phenoxy) is 1. The van der Waals surface area contributed by atoms with E-state index >= 15 is 0 Å². The molecular formula is C22H17ClF3N5O2. The molecule has 0 saturated heterocycles. The van der Waals surface area contributed by atoms with Crippen LogP contribution >= 0.6 is 11.6 Å². The summed E-state index contributed by atoms with van der Waals surface area (Å²) in [5, 5.41) is 15.4. The fraction of sp³-hybridized carbons (Fsp3) is 0.182. The van der Waals surface area contributed by atoms with Crippen molar-refractivity contribution in [3.63, 3.8) is 0 Å². The molecule has 0 atom stereocenters. The van der Waals surface area contributed by atoms with E-state index < -0.39 is 17.6 Å². The van der Waals surface area contributed by atoms with E-state index in [0.717, 1.165) is 11.6 Å². The average molecular weight is 476 g/mol. The van der Waals surface area contributed by atoms with E-state index in [4.69, 9.17) is 16.3 Å². The Balaban J connectivity index is 1.79. The fourth-order valence-corrected chi connectivity index (χ4v) is 3.65. The van der Waals surface area contributed by atoms with Crippen LogP contribution in [0, 0.1) is 6.92 Å². The van der Waals surface area contributed by atoms with Crippen molar-refractivity contribution in [1.82, 2.24) is 19.8 Å². The van der Waals surface area contributed by atoms with E-state index in [-0.39, 0.29) is 18.0 Å². The van der Waals surface area contributed by atoms with Crippen molar-refractivity contribution in [2.75, 3.05) is 12.4 Å². The summed E-state index contributed by atoms with van der Waals surface area (Å²) >= 11 is 6.13. The molecule has 7 nitrogen and oxygen atoms in total. The van der Waals surface area contributed by atoms with Gasteiger partial charge in [0.05, 0.1) is 34.8 Å². The summed E-state index contributed by atoms with van der Waals surface area (Å²) in [4.78, 5) is 12.8. The Morgan fingerprint density at radius 1 is 1.15 bits per heavy atom. The van der Waals surface area contributed by atoms with E-state index in [1.165, 1.54) is 29.8 Å². The minimum atomic E-state index is -4.63. The molecular weight excluding hydrogens is 459 g/mol. The van der Waals surface area contributed by atoms with Crippen molar-refractivity contribution in [2.45, 2.75) is 19.7 Å². The number of benzene rings is 2. The van der Waals surface area contributed by atoms with Gasteiger partial charge in [-0.15, -0.1) is 10.2 Å². The summed E-state index contributed by atoms with van der Waals surface area (Å²) in [6.45, 7) is 1.74. The summed E-state index contributed by atoms with van der Waals surface area (Å²) in [6.07, 6.45) is -4.63. The number of aromatic nitrogens is 4. The molecule has 0 bridgehead atoms. The second-order valence-electron chi connectivity index (χ2n) is 7.13. The molecule has 0 unspecified atom stereocenters. The molecule has 0 aliphatic carbocycles. The zero-order valence-electron chi connectivity index (χ0n) is 17.4. The van der Waals surface area contributed by atoms with Gasteiger partial charge in [-0.3, -0.25) is 4.79 Å². The second kappa shape index (κ2) is 8.80. The van der Waals surface area contributed by atoms with Gasteiger partial charge in [0.25, 0.3) is 5.91 Å². The Labute approximate surface area is 191 Å². The highest BCUT2D eigenvalue weighted by atomic mass is 35.5. The zero-order chi connectivity index (χ0) is 23.8. The third-order valence-corrected chi connectivity index (χ3v) is 5.16. The summed E-state index contributed by atoms with van der Waals surface area (Å²) in [5.74, 6) is -0.841. The molecule has 2 aromatic carbocycles. The number of carbonyl (C=O) groups is 1. The molecule has 0 aliphatic rings. The third kappa shape index (κ3) is 4.39. The van der Waals surface area contributed by atoms with Crippen molar-refractivity contribution in [2.24, 2.45) is 0 Å². The van der Waals surface area contributed by atoms with Crippen LogP contribution in [0.25, 0.3) is 16.8 Å². The van der Waals surface area contributed by atoms with E-state index in [2.05, 4.69) is 20.6 Å². The lowest BCUT2D eigenvalue weighted by atomic mass is 10.1. The highest BCUT2D eigenvalue weighted by Gasteiger charge is 2.34. The topological polar surface area (TPSA) is 81.4 Å². The number of alkyl halides is 3. The standard InChI is InChI=1S/C22H17ClF3N5O2/c1-12-19(21(32)27-16-9-4-3-8-15(16)22(24,25)26)28-29-20-18(13-6-5-7-14(23)10-13)17(11-33-2)30-31(12)20/h3-10H,11H2,1-2H3,(H,27,32). The molecule has 0 radical (unpaired) electrons. The summed E-state index contributed by atoms with van der Waals surface area (Å²) in [6, 6.07) is 11.8. The van der Waals surface area contributed by atoms with Gasteiger partial charge < -0.3 is 10.1 Å². The number of hydrogen-bond acceptors (Lipinski definition) is 5. The van der Waals surface area contributed by atoms with E-state index in [9.17, 15) is 18.0 Å². The molecule has 0 aliphatic heterocycles. The summed E-state index contributed by atoms with van der Waals surface area (Å²) in [7, 11) is 1.52. The highest BCUT2D eigenvalue weighted by Crippen LogP contribution is 2.35. The molecule has 11 heteroatoms. The molecule has 2 heterocycles. The number of halogens is 4.